The molecular formula is C17H24N2O. The topological polar surface area (TPSA) is 26.2 Å². The summed E-state index contributed by atoms with van der Waals surface area (Å²) >= 11 is 0. The van der Waals surface area contributed by atoms with E-state index in [1.807, 2.05) is 0 Å². The lowest BCUT2D eigenvalue weighted by atomic mass is 10.1. The van der Waals surface area contributed by atoms with Crippen molar-refractivity contribution in [3.05, 3.63) is 53.3 Å². The third-order valence-electron chi connectivity index (χ3n) is 3.68. The van der Waals surface area contributed by atoms with Crippen LogP contribution in [0.4, 0.5) is 0 Å². The van der Waals surface area contributed by atoms with Crippen LogP contribution in [-0.2, 0) is 11.3 Å². The lowest BCUT2D eigenvalue weighted by molar-refractivity contribution is 0.194. The Hall–Kier alpha value is -1.58. The summed E-state index contributed by atoms with van der Waals surface area (Å²) in [7, 11) is 1.74. The molecule has 3 heteroatoms. The number of hydrogen-bond donors (Lipinski definition) is 1. The molecule has 1 aromatic heterocycles. The third kappa shape index (κ3) is 3.50. The minimum Gasteiger partial charge on any atom is -0.385 e. The Labute approximate surface area is 121 Å². The normalized spacial score (nSPS) is 10.9. The smallest absolute Gasteiger partial charge is 0.0484 e. The molecule has 0 fully saturated rings. The van der Waals surface area contributed by atoms with E-state index in [4.69, 9.17) is 4.74 Å². The van der Waals surface area contributed by atoms with E-state index in [0.717, 1.165) is 26.1 Å². The molecular weight excluding hydrogens is 248 g/mol. The van der Waals surface area contributed by atoms with Crippen molar-refractivity contribution in [2.45, 2.75) is 26.8 Å². The van der Waals surface area contributed by atoms with Gasteiger partial charge in [0.05, 0.1) is 0 Å². The Bertz CT molecular complexity index is 546. The second kappa shape index (κ2) is 7.27. The van der Waals surface area contributed by atoms with Gasteiger partial charge in [-0.3, -0.25) is 0 Å². The van der Waals surface area contributed by atoms with Crippen molar-refractivity contribution in [1.82, 2.24) is 9.88 Å². The molecule has 0 atom stereocenters. The van der Waals surface area contributed by atoms with Crippen LogP contribution in [0.3, 0.4) is 0 Å². The van der Waals surface area contributed by atoms with Crippen molar-refractivity contribution in [3.63, 3.8) is 0 Å². The third-order valence-corrected chi connectivity index (χ3v) is 3.68. The molecule has 3 nitrogen and oxygen atoms in total. The maximum Gasteiger partial charge on any atom is 0.0484 e. The van der Waals surface area contributed by atoms with Crippen LogP contribution in [0.2, 0.25) is 0 Å². The number of rotatable bonds is 7. The van der Waals surface area contributed by atoms with Crippen LogP contribution in [0.25, 0.3) is 5.69 Å². The van der Waals surface area contributed by atoms with Crippen molar-refractivity contribution < 1.29 is 4.74 Å². The zero-order chi connectivity index (χ0) is 14.4. The van der Waals surface area contributed by atoms with Crippen LogP contribution in [-0.4, -0.2) is 24.8 Å². The van der Waals surface area contributed by atoms with E-state index in [2.05, 4.69) is 60.3 Å². The number of aromatic nitrogens is 1. The van der Waals surface area contributed by atoms with Gasteiger partial charge in [0.2, 0.25) is 0 Å². The molecule has 2 rings (SSSR count). The highest BCUT2D eigenvalue weighted by Crippen LogP contribution is 2.19. The fraction of sp³-hybridized carbons (Fsp3) is 0.412. The molecule has 0 bridgehead atoms. The molecule has 0 saturated heterocycles. The number of hydrogen-bond acceptors (Lipinski definition) is 2. The van der Waals surface area contributed by atoms with Gasteiger partial charge < -0.3 is 14.6 Å². The van der Waals surface area contributed by atoms with Gasteiger partial charge in [-0.15, -0.1) is 0 Å². The molecule has 2 aromatic rings. The maximum atomic E-state index is 5.06. The molecule has 1 heterocycles. The molecule has 20 heavy (non-hydrogen) atoms. The number of nitrogens with zero attached hydrogens (tertiary/aromatic N) is 1. The molecule has 1 aromatic carbocycles. The molecule has 0 radical (unpaired) electrons. The van der Waals surface area contributed by atoms with E-state index >= 15 is 0 Å². The monoisotopic (exact) mass is 272 g/mol. The first-order valence-corrected chi connectivity index (χ1v) is 7.16. The predicted molar refractivity (Wildman–Crippen MR) is 83.4 cm³/mol. The number of aryl methyl sites for hydroxylation is 1. The summed E-state index contributed by atoms with van der Waals surface area (Å²) in [6.07, 6.45) is 3.18. The molecule has 0 amide bonds. The first-order valence-electron chi connectivity index (χ1n) is 7.16. The highest BCUT2D eigenvalue weighted by molar-refractivity contribution is 5.46. The maximum absolute atomic E-state index is 5.06. The first kappa shape index (κ1) is 14.8. The molecule has 1 N–H and O–H groups in total. The lowest BCUT2D eigenvalue weighted by Crippen LogP contribution is -2.18. The van der Waals surface area contributed by atoms with Gasteiger partial charge in [-0.1, -0.05) is 12.1 Å². The molecule has 0 saturated carbocycles. The zero-order valence-electron chi connectivity index (χ0n) is 12.6. The van der Waals surface area contributed by atoms with Gasteiger partial charge >= 0.3 is 0 Å². The van der Waals surface area contributed by atoms with Gasteiger partial charge in [0.15, 0.2) is 0 Å². The Kier molecular flexibility index (Phi) is 5.39. The fourth-order valence-electron chi connectivity index (χ4n) is 2.35. The standard InChI is InChI=1S/C17H24N2O/c1-14-7-4-9-17(15(14)2)19-11-5-8-16(19)13-18-10-6-12-20-3/h4-5,7-9,11,18H,6,10,12-13H2,1-3H3. The second-order valence-electron chi connectivity index (χ2n) is 5.11. The second-order valence-corrected chi connectivity index (χ2v) is 5.11. The van der Waals surface area contributed by atoms with Crippen LogP contribution in [0.1, 0.15) is 23.2 Å². The highest BCUT2D eigenvalue weighted by atomic mass is 16.5. The predicted octanol–water partition coefficient (Wildman–Crippen LogP) is 3.22. The largest absolute Gasteiger partial charge is 0.385 e. The average molecular weight is 272 g/mol. The highest BCUT2D eigenvalue weighted by Gasteiger charge is 2.06. The number of nitrogens with one attached hydrogen (secondary N) is 1. The molecule has 0 aliphatic rings. The van der Waals surface area contributed by atoms with Crippen molar-refractivity contribution in [2.24, 2.45) is 0 Å². The van der Waals surface area contributed by atoms with Crippen LogP contribution in [0, 0.1) is 13.8 Å². The van der Waals surface area contributed by atoms with E-state index < -0.39 is 0 Å². The van der Waals surface area contributed by atoms with E-state index in [1.165, 1.54) is 22.5 Å². The van der Waals surface area contributed by atoms with Gasteiger partial charge in [0.25, 0.3) is 0 Å². The summed E-state index contributed by atoms with van der Waals surface area (Å²) in [4.78, 5) is 0. The molecule has 0 aliphatic heterocycles. The van der Waals surface area contributed by atoms with Gasteiger partial charge in [0.1, 0.15) is 0 Å². The minimum absolute atomic E-state index is 0.811. The van der Waals surface area contributed by atoms with Crippen LogP contribution < -0.4 is 5.32 Å². The average Bonchev–Trinajstić information content (AvgIpc) is 2.90. The number of ether oxygens (including phenoxy) is 1. The summed E-state index contributed by atoms with van der Waals surface area (Å²) in [5.74, 6) is 0. The van der Waals surface area contributed by atoms with E-state index in [-0.39, 0.29) is 0 Å². The summed E-state index contributed by atoms with van der Waals surface area (Å²) in [6.45, 7) is 7.01. The minimum atomic E-state index is 0.811. The molecule has 108 valence electrons. The Balaban J connectivity index is 2.06. The lowest BCUT2D eigenvalue weighted by Gasteiger charge is -2.14. The quantitative estimate of drug-likeness (QED) is 0.783. The van der Waals surface area contributed by atoms with Gasteiger partial charge in [0, 0.05) is 37.8 Å². The van der Waals surface area contributed by atoms with Crippen LogP contribution in [0.15, 0.2) is 36.5 Å². The van der Waals surface area contributed by atoms with Crippen molar-refractivity contribution in [1.29, 1.82) is 0 Å². The first-order chi connectivity index (χ1) is 9.74. The van der Waals surface area contributed by atoms with Gasteiger partial charge in [-0.2, -0.15) is 0 Å². The number of benzene rings is 1. The summed E-state index contributed by atoms with van der Waals surface area (Å²) in [5.41, 5.74) is 5.22. The van der Waals surface area contributed by atoms with Gasteiger partial charge in [-0.25, -0.2) is 0 Å². The van der Waals surface area contributed by atoms with E-state index in [1.54, 1.807) is 7.11 Å². The SMILES string of the molecule is COCCCNCc1cccn1-c1cccc(C)c1C. The Morgan fingerprint density at radius 3 is 2.80 bits per heavy atom. The van der Waals surface area contributed by atoms with Gasteiger partial charge in [-0.05, 0) is 56.1 Å². The van der Waals surface area contributed by atoms with Crippen LogP contribution in [0.5, 0.6) is 0 Å². The van der Waals surface area contributed by atoms with Crippen molar-refractivity contribution in [3.8, 4) is 5.69 Å². The molecule has 0 aliphatic carbocycles. The van der Waals surface area contributed by atoms with Crippen LogP contribution >= 0.6 is 0 Å². The fourth-order valence-corrected chi connectivity index (χ4v) is 2.35. The molecule has 0 unspecified atom stereocenters. The van der Waals surface area contributed by atoms with Crippen molar-refractivity contribution >= 4 is 0 Å². The summed E-state index contributed by atoms with van der Waals surface area (Å²) in [6, 6.07) is 10.7. The Morgan fingerprint density at radius 1 is 1.15 bits per heavy atom. The summed E-state index contributed by atoms with van der Waals surface area (Å²) < 4.78 is 7.33. The summed E-state index contributed by atoms with van der Waals surface area (Å²) in [5, 5.41) is 3.47. The Morgan fingerprint density at radius 2 is 2.00 bits per heavy atom. The van der Waals surface area contributed by atoms with E-state index in [9.17, 15) is 0 Å². The zero-order valence-corrected chi connectivity index (χ0v) is 12.6. The van der Waals surface area contributed by atoms with E-state index in [0.29, 0.717) is 0 Å². The molecule has 0 spiro atoms. The number of methoxy groups -OCH3 is 1. The van der Waals surface area contributed by atoms with Crippen molar-refractivity contribution in [2.75, 3.05) is 20.3 Å².